The summed E-state index contributed by atoms with van der Waals surface area (Å²) in [5.74, 6) is 0.822. The van der Waals surface area contributed by atoms with Gasteiger partial charge in [0.25, 0.3) is 0 Å². The van der Waals surface area contributed by atoms with E-state index < -0.39 is 0 Å². The fraction of sp³-hybridized carbons (Fsp3) is 1.00. The first kappa shape index (κ1) is 11.4. The summed E-state index contributed by atoms with van der Waals surface area (Å²) in [5, 5.41) is 10.3. The van der Waals surface area contributed by atoms with E-state index in [2.05, 4.69) is 25.7 Å². The van der Waals surface area contributed by atoms with Crippen molar-refractivity contribution in [2.24, 2.45) is 11.3 Å². The molecule has 0 bridgehead atoms. The van der Waals surface area contributed by atoms with E-state index in [1.54, 1.807) is 0 Å². The molecule has 0 aromatic heterocycles. The van der Waals surface area contributed by atoms with Gasteiger partial charge in [-0.05, 0) is 24.2 Å². The first-order valence-electron chi connectivity index (χ1n) is 6.34. The zero-order valence-electron chi connectivity index (χ0n) is 10.4. The Bertz CT molecular complexity index is 219. The molecule has 0 aromatic carbocycles. The van der Waals surface area contributed by atoms with Crippen LogP contribution in [0.2, 0.25) is 0 Å². The lowest BCUT2D eigenvalue weighted by atomic mass is 9.75. The van der Waals surface area contributed by atoms with Crippen LogP contribution in [0.25, 0.3) is 0 Å². The minimum atomic E-state index is -0.344. The summed E-state index contributed by atoms with van der Waals surface area (Å²) in [4.78, 5) is 2.43. The summed E-state index contributed by atoms with van der Waals surface area (Å²) >= 11 is 0. The van der Waals surface area contributed by atoms with Gasteiger partial charge in [0.15, 0.2) is 0 Å². The third-order valence-corrected chi connectivity index (χ3v) is 4.23. The van der Waals surface area contributed by atoms with Crippen LogP contribution < -0.4 is 0 Å². The van der Waals surface area contributed by atoms with Crippen molar-refractivity contribution in [1.29, 1.82) is 0 Å². The average Bonchev–Trinajstić information content (AvgIpc) is 2.42. The summed E-state index contributed by atoms with van der Waals surface area (Å²) in [6.07, 6.45) is 4.47. The minimum absolute atomic E-state index is 0.344. The van der Waals surface area contributed by atoms with Gasteiger partial charge in [-0.3, -0.25) is 4.90 Å². The van der Waals surface area contributed by atoms with Crippen molar-refractivity contribution < 1.29 is 5.11 Å². The van der Waals surface area contributed by atoms with Gasteiger partial charge in [-0.1, -0.05) is 33.6 Å². The smallest absolute Gasteiger partial charge is 0.0774 e. The molecule has 0 atom stereocenters. The molecule has 2 fully saturated rings. The Kier molecular flexibility index (Phi) is 2.85. The van der Waals surface area contributed by atoms with E-state index in [1.807, 2.05) is 0 Å². The van der Waals surface area contributed by atoms with Crippen LogP contribution >= 0.6 is 0 Å². The molecule has 1 heterocycles. The highest BCUT2D eigenvalue weighted by molar-refractivity contribution is 4.94. The van der Waals surface area contributed by atoms with E-state index in [9.17, 15) is 5.11 Å². The Hall–Kier alpha value is -0.0800. The second-order valence-corrected chi connectivity index (χ2v) is 6.69. The van der Waals surface area contributed by atoms with Gasteiger partial charge in [-0.15, -0.1) is 0 Å². The average molecular weight is 211 g/mol. The predicted octanol–water partition coefficient (Wildman–Crippen LogP) is 2.27. The quantitative estimate of drug-likeness (QED) is 0.757. The van der Waals surface area contributed by atoms with Gasteiger partial charge in [-0.2, -0.15) is 0 Å². The second-order valence-electron chi connectivity index (χ2n) is 6.69. The lowest BCUT2D eigenvalue weighted by molar-refractivity contribution is -0.0500. The van der Waals surface area contributed by atoms with Crippen molar-refractivity contribution in [2.75, 3.05) is 19.6 Å². The predicted molar refractivity (Wildman–Crippen MR) is 62.8 cm³/mol. The van der Waals surface area contributed by atoms with Crippen molar-refractivity contribution in [3.63, 3.8) is 0 Å². The van der Waals surface area contributed by atoms with Crippen LogP contribution in [0.15, 0.2) is 0 Å². The molecule has 2 rings (SSSR count). The lowest BCUT2D eigenvalue weighted by Gasteiger charge is -2.48. The van der Waals surface area contributed by atoms with Crippen molar-refractivity contribution >= 4 is 0 Å². The summed E-state index contributed by atoms with van der Waals surface area (Å²) in [7, 11) is 0. The Labute approximate surface area is 93.7 Å². The van der Waals surface area contributed by atoms with Crippen LogP contribution in [0.4, 0.5) is 0 Å². The van der Waals surface area contributed by atoms with E-state index in [-0.39, 0.29) is 5.60 Å². The van der Waals surface area contributed by atoms with E-state index in [1.165, 1.54) is 25.9 Å². The molecule has 0 spiro atoms. The lowest BCUT2D eigenvalue weighted by Crippen LogP contribution is -2.56. The summed E-state index contributed by atoms with van der Waals surface area (Å²) < 4.78 is 0. The van der Waals surface area contributed by atoms with Crippen molar-refractivity contribution in [2.45, 2.75) is 52.1 Å². The van der Waals surface area contributed by atoms with E-state index in [0.717, 1.165) is 25.3 Å². The standard InChI is InChI=1S/C13H25NO/c1-12(2,3)11-8-14(9-11)10-13(15)6-4-5-7-13/h11,15H,4-10H2,1-3H3. The maximum Gasteiger partial charge on any atom is 0.0774 e. The molecular formula is C13H25NO. The van der Waals surface area contributed by atoms with Crippen LogP contribution in [0.5, 0.6) is 0 Å². The summed E-state index contributed by atoms with van der Waals surface area (Å²) in [5.41, 5.74) is 0.0949. The molecule has 0 radical (unpaired) electrons. The van der Waals surface area contributed by atoms with Gasteiger partial charge < -0.3 is 5.11 Å². The number of aliphatic hydroxyl groups is 1. The maximum absolute atomic E-state index is 10.3. The topological polar surface area (TPSA) is 23.5 Å². The SMILES string of the molecule is CC(C)(C)C1CN(CC2(O)CCCC2)C1. The monoisotopic (exact) mass is 211 g/mol. The molecule has 1 saturated carbocycles. The van der Waals surface area contributed by atoms with Gasteiger partial charge in [0, 0.05) is 19.6 Å². The van der Waals surface area contributed by atoms with Crippen LogP contribution in [-0.2, 0) is 0 Å². The molecule has 15 heavy (non-hydrogen) atoms. The fourth-order valence-corrected chi connectivity index (χ4v) is 2.85. The third-order valence-electron chi connectivity index (χ3n) is 4.23. The van der Waals surface area contributed by atoms with Crippen molar-refractivity contribution in [1.82, 2.24) is 4.90 Å². The van der Waals surface area contributed by atoms with Gasteiger partial charge in [-0.25, -0.2) is 0 Å². The fourth-order valence-electron chi connectivity index (χ4n) is 2.85. The normalized spacial score (nSPS) is 28.0. The van der Waals surface area contributed by atoms with E-state index in [4.69, 9.17) is 0 Å². The first-order valence-corrected chi connectivity index (χ1v) is 6.34. The summed E-state index contributed by atoms with van der Waals surface area (Å²) in [6, 6.07) is 0. The molecule has 2 aliphatic rings. The number of likely N-dealkylation sites (tertiary alicyclic amines) is 1. The maximum atomic E-state index is 10.3. The molecule has 2 heteroatoms. The van der Waals surface area contributed by atoms with Gasteiger partial charge in [0.2, 0.25) is 0 Å². The first-order chi connectivity index (χ1) is 6.89. The zero-order chi connectivity index (χ0) is 11.1. The molecule has 1 saturated heterocycles. The van der Waals surface area contributed by atoms with Gasteiger partial charge in [0.05, 0.1) is 5.60 Å². The molecule has 0 amide bonds. The van der Waals surface area contributed by atoms with Gasteiger partial charge in [0.1, 0.15) is 0 Å². The van der Waals surface area contributed by atoms with Crippen LogP contribution in [-0.4, -0.2) is 35.2 Å². The molecule has 1 aliphatic carbocycles. The molecule has 1 N–H and O–H groups in total. The Morgan fingerprint density at radius 3 is 2.20 bits per heavy atom. The second kappa shape index (κ2) is 3.74. The molecule has 2 nitrogen and oxygen atoms in total. The van der Waals surface area contributed by atoms with Crippen LogP contribution in [0.1, 0.15) is 46.5 Å². The Balaban J connectivity index is 1.76. The number of hydrogen-bond acceptors (Lipinski definition) is 2. The van der Waals surface area contributed by atoms with Gasteiger partial charge >= 0.3 is 0 Å². The highest BCUT2D eigenvalue weighted by atomic mass is 16.3. The zero-order valence-corrected chi connectivity index (χ0v) is 10.4. The van der Waals surface area contributed by atoms with Crippen LogP contribution in [0, 0.1) is 11.3 Å². The number of hydrogen-bond donors (Lipinski definition) is 1. The molecule has 1 aliphatic heterocycles. The third kappa shape index (κ3) is 2.54. The molecular weight excluding hydrogens is 186 g/mol. The number of nitrogens with zero attached hydrogens (tertiary/aromatic N) is 1. The number of β-amino-alcohol motifs (C(OH)–C–C–N with tert-alkyl or cyclic N) is 1. The highest BCUT2D eigenvalue weighted by Crippen LogP contribution is 2.37. The molecule has 88 valence electrons. The molecule has 0 aromatic rings. The minimum Gasteiger partial charge on any atom is -0.389 e. The van der Waals surface area contributed by atoms with Crippen LogP contribution in [0.3, 0.4) is 0 Å². The van der Waals surface area contributed by atoms with E-state index in [0.29, 0.717) is 5.41 Å². The Morgan fingerprint density at radius 1 is 1.20 bits per heavy atom. The number of rotatable bonds is 2. The van der Waals surface area contributed by atoms with Crippen molar-refractivity contribution in [3.8, 4) is 0 Å². The van der Waals surface area contributed by atoms with E-state index >= 15 is 0 Å². The Morgan fingerprint density at radius 2 is 1.73 bits per heavy atom. The summed E-state index contributed by atoms with van der Waals surface area (Å²) in [6.45, 7) is 10.2. The largest absolute Gasteiger partial charge is 0.389 e. The molecule has 0 unspecified atom stereocenters. The van der Waals surface area contributed by atoms with Crippen molar-refractivity contribution in [3.05, 3.63) is 0 Å². The highest BCUT2D eigenvalue weighted by Gasteiger charge is 2.40.